The van der Waals surface area contributed by atoms with E-state index in [0.29, 0.717) is 12.8 Å². The zero-order valence-corrected chi connectivity index (χ0v) is 13.9. The van der Waals surface area contributed by atoms with Crippen LogP contribution < -0.4 is 4.74 Å². The largest absolute Gasteiger partial charge is 0.477 e. The van der Waals surface area contributed by atoms with Crippen molar-refractivity contribution >= 4 is 11.6 Å². The fourth-order valence-corrected chi connectivity index (χ4v) is 3.02. The Balaban J connectivity index is 2.09. The summed E-state index contributed by atoms with van der Waals surface area (Å²) in [4.78, 5) is 24.4. The molecule has 0 aromatic heterocycles. The Morgan fingerprint density at radius 1 is 1.42 bits per heavy atom. The predicted octanol–water partition coefficient (Wildman–Crippen LogP) is 2.97. The van der Waals surface area contributed by atoms with Crippen molar-refractivity contribution < 1.29 is 14.5 Å². The van der Waals surface area contributed by atoms with Crippen molar-refractivity contribution in [3.63, 3.8) is 0 Å². The molecule has 0 radical (unpaired) electrons. The quantitative estimate of drug-likeness (QED) is 0.610. The van der Waals surface area contributed by atoms with Gasteiger partial charge in [-0.1, -0.05) is 25.3 Å². The van der Waals surface area contributed by atoms with Crippen LogP contribution in [0.25, 0.3) is 0 Å². The molecule has 0 bridgehead atoms. The van der Waals surface area contributed by atoms with Crippen LogP contribution in [-0.4, -0.2) is 34.9 Å². The maximum atomic E-state index is 12.4. The van der Waals surface area contributed by atoms with Gasteiger partial charge in [0.25, 0.3) is 5.91 Å². The van der Waals surface area contributed by atoms with E-state index in [1.807, 2.05) is 0 Å². The average molecular weight is 331 g/mol. The Labute approximate surface area is 141 Å². The molecule has 1 fully saturated rings. The van der Waals surface area contributed by atoms with Gasteiger partial charge in [0.05, 0.1) is 11.0 Å². The highest BCUT2D eigenvalue weighted by Crippen LogP contribution is 2.33. The van der Waals surface area contributed by atoms with Crippen LogP contribution in [0.3, 0.4) is 0 Å². The van der Waals surface area contributed by atoms with Crippen LogP contribution in [-0.2, 0) is 4.79 Å². The summed E-state index contributed by atoms with van der Waals surface area (Å²) in [5, 5.41) is 20.6. The number of hydrogen-bond donors (Lipinski definition) is 0. The van der Waals surface area contributed by atoms with Gasteiger partial charge >= 0.3 is 5.69 Å². The molecule has 1 saturated carbocycles. The van der Waals surface area contributed by atoms with Gasteiger partial charge in [-0.15, -0.1) is 0 Å². The molecule has 0 saturated heterocycles. The van der Waals surface area contributed by atoms with E-state index in [1.165, 1.54) is 17.0 Å². The van der Waals surface area contributed by atoms with Crippen molar-refractivity contribution in [1.29, 1.82) is 5.26 Å². The summed E-state index contributed by atoms with van der Waals surface area (Å²) < 4.78 is 5.40. The van der Waals surface area contributed by atoms with Crippen molar-refractivity contribution in [3.8, 4) is 11.8 Å². The second-order valence-corrected chi connectivity index (χ2v) is 6.17. The molecule has 2 rings (SSSR count). The molecule has 1 amide bonds. The Hall–Kier alpha value is -2.62. The number of amides is 1. The zero-order valence-electron chi connectivity index (χ0n) is 13.9. The molecule has 0 atom stereocenters. The molecule has 1 aromatic carbocycles. The number of nitro groups is 1. The van der Waals surface area contributed by atoms with Gasteiger partial charge < -0.3 is 9.64 Å². The average Bonchev–Trinajstić information content (AvgIpc) is 2.59. The summed E-state index contributed by atoms with van der Waals surface area (Å²) >= 11 is 0. The van der Waals surface area contributed by atoms with E-state index in [-0.39, 0.29) is 24.0 Å². The smallest absolute Gasteiger partial charge is 0.310 e. The fraction of sp³-hybridized carbons (Fsp3) is 0.529. The van der Waals surface area contributed by atoms with Gasteiger partial charge in [-0.3, -0.25) is 14.9 Å². The van der Waals surface area contributed by atoms with E-state index in [2.05, 4.69) is 6.07 Å². The molecular formula is C17H21N3O4. The first-order valence-corrected chi connectivity index (χ1v) is 7.95. The zero-order chi connectivity index (χ0) is 17.7. The van der Waals surface area contributed by atoms with Crippen LogP contribution in [0, 0.1) is 28.4 Å². The lowest BCUT2D eigenvalue weighted by Gasteiger charge is -2.38. The lowest BCUT2D eigenvalue weighted by molar-refractivity contribution is -0.385. The third-order valence-electron chi connectivity index (χ3n) is 4.57. The summed E-state index contributed by atoms with van der Waals surface area (Å²) in [6.07, 6.45) is 4.19. The molecule has 128 valence electrons. The molecule has 1 aliphatic carbocycles. The molecule has 24 heavy (non-hydrogen) atoms. The van der Waals surface area contributed by atoms with Crippen molar-refractivity contribution in [3.05, 3.63) is 33.9 Å². The molecule has 1 aliphatic rings. The summed E-state index contributed by atoms with van der Waals surface area (Å²) in [6.45, 7) is 1.46. The fourth-order valence-electron chi connectivity index (χ4n) is 3.02. The van der Waals surface area contributed by atoms with Crippen LogP contribution in [0.15, 0.2) is 18.2 Å². The van der Waals surface area contributed by atoms with Gasteiger partial charge in [-0.05, 0) is 31.4 Å². The van der Waals surface area contributed by atoms with Gasteiger partial charge in [0.15, 0.2) is 12.4 Å². The Bertz CT molecular complexity index is 675. The minimum absolute atomic E-state index is 0.0661. The Morgan fingerprint density at radius 2 is 2.08 bits per heavy atom. The third-order valence-corrected chi connectivity index (χ3v) is 4.57. The number of benzene rings is 1. The van der Waals surface area contributed by atoms with Crippen LogP contribution in [0.4, 0.5) is 5.69 Å². The number of carbonyl (C=O) groups is 1. The van der Waals surface area contributed by atoms with E-state index < -0.39 is 10.5 Å². The first kappa shape index (κ1) is 17.7. The van der Waals surface area contributed by atoms with E-state index in [4.69, 9.17) is 4.74 Å². The summed E-state index contributed by atoms with van der Waals surface area (Å²) in [5.74, 6) is -0.286. The highest BCUT2D eigenvalue weighted by Gasteiger charge is 2.39. The van der Waals surface area contributed by atoms with Crippen LogP contribution in [0.2, 0.25) is 0 Å². The molecule has 7 nitrogen and oxygen atoms in total. The van der Waals surface area contributed by atoms with Crippen molar-refractivity contribution in [2.45, 2.75) is 44.6 Å². The number of carbonyl (C=O) groups excluding carboxylic acids is 1. The molecule has 1 aromatic rings. The molecule has 0 heterocycles. The van der Waals surface area contributed by atoms with E-state index in [9.17, 15) is 20.2 Å². The number of nitrogens with zero attached hydrogens (tertiary/aromatic N) is 3. The maximum absolute atomic E-state index is 12.4. The SMILES string of the molecule is Cc1ccc([N+](=O)[O-])c(OCC(=O)N(C)C2(C#N)CCCCC2)c1. The van der Waals surface area contributed by atoms with Gasteiger partial charge in [-0.25, -0.2) is 0 Å². The summed E-state index contributed by atoms with van der Waals surface area (Å²) in [6, 6.07) is 6.78. The monoisotopic (exact) mass is 331 g/mol. The minimum atomic E-state index is -0.794. The molecule has 0 spiro atoms. The number of nitriles is 1. The van der Waals surface area contributed by atoms with E-state index >= 15 is 0 Å². The lowest BCUT2D eigenvalue weighted by atomic mass is 9.81. The summed E-state index contributed by atoms with van der Waals surface area (Å²) in [5.41, 5.74) is -0.169. The van der Waals surface area contributed by atoms with Crippen LogP contribution in [0.5, 0.6) is 5.75 Å². The second-order valence-electron chi connectivity index (χ2n) is 6.17. The predicted molar refractivity (Wildman–Crippen MR) is 87.5 cm³/mol. The highest BCUT2D eigenvalue weighted by molar-refractivity contribution is 5.79. The third kappa shape index (κ3) is 3.65. The standard InChI is InChI=1S/C17H21N3O4/c1-13-6-7-14(20(22)23)15(10-13)24-11-16(21)19(2)17(12-18)8-4-3-5-9-17/h6-7,10H,3-5,8-9,11H2,1-2H3. The Kier molecular flexibility index (Phi) is 5.39. The number of rotatable bonds is 5. The first-order chi connectivity index (χ1) is 11.4. The maximum Gasteiger partial charge on any atom is 0.310 e. The van der Waals surface area contributed by atoms with Crippen molar-refractivity contribution in [2.75, 3.05) is 13.7 Å². The van der Waals surface area contributed by atoms with Crippen molar-refractivity contribution in [2.24, 2.45) is 0 Å². The second kappa shape index (κ2) is 7.30. The van der Waals surface area contributed by atoms with Gasteiger partial charge in [0, 0.05) is 13.1 Å². The number of ether oxygens (including phenoxy) is 1. The summed E-state index contributed by atoms with van der Waals surface area (Å²) in [7, 11) is 1.60. The molecule has 7 heteroatoms. The molecule has 0 unspecified atom stereocenters. The lowest BCUT2D eigenvalue weighted by Crippen LogP contribution is -2.51. The minimum Gasteiger partial charge on any atom is -0.477 e. The molecule has 0 aliphatic heterocycles. The molecular weight excluding hydrogens is 310 g/mol. The number of likely N-dealkylation sites (N-methyl/N-ethyl adjacent to an activating group) is 1. The Morgan fingerprint density at radius 3 is 2.67 bits per heavy atom. The number of hydrogen-bond acceptors (Lipinski definition) is 5. The number of nitro benzene ring substituents is 1. The first-order valence-electron chi connectivity index (χ1n) is 7.95. The van der Waals surface area contributed by atoms with Crippen LogP contribution in [0.1, 0.15) is 37.7 Å². The van der Waals surface area contributed by atoms with Gasteiger partial charge in [0.1, 0.15) is 5.54 Å². The van der Waals surface area contributed by atoms with E-state index in [0.717, 1.165) is 24.8 Å². The van der Waals surface area contributed by atoms with Gasteiger partial charge in [-0.2, -0.15) is 5.26 Å². The van der Waals surface area contributed by atoms with Gasteiger partial charge in [0.2, 0.25) is 0 Å². The van der Waals surface area contributed by atoms with E-state index in [1.54, 1.807) is 20.0 Å². The van der Waals surface area contributed by atoms with Crippen LogP contribution >= 0.6 is 0 Å². The van der Waals surface area contributed by atoms with Crippen molar-refractivity contribution in [1.82, 2.24) is 4.90 Å². The molecule has 0 N–H and O–H groups in total. The number of aryl methyl sites for hydroxylation is 1. The topological polar surface area (TPSA) is 96.5 Å². The highest BCUT2D eigenvalue weighted by atomic mass is 16.6. The normalized spacial score (nSPS) is 16.0.